The minimum absolute atomic E-state index is 0.0497. The number of nitrogens with one attached hydrogen (secondary N) is 1. The van der Waals surface area contributed by atoms with Gasteiger partial charge in [0.25, 0.3) is 0 Å². The monoisotopic (exact) mass is 248 g/mol. The molecule has 1 aliphatic rings. The maximum absolute atomic E-state index is 11.5. The van der Waals surface area contributed by atoms with Gasteiger partial charge in [0.1, 0.15) is 0 Å². The second-order valence-electron chi connectivity index (χ2n) is 4.99. The molecule has 0 radical (unpaired) electrons. The van der Waals surface area contributed by atoms with Gasteiger partial charge in [-0.1, -0.05) is 6.92 Å². The third kappa shape index (κ3) is 4.03. The summed E-state index contributed by atoms with van der Waals surface area (Å²) in [4.78, 5) is 2.30. The smallest absolute Gasteiger partial charge is 0.151 e. The fourth-order valence-corrected chi connectivity index (χ4v) is 3.36. The Morgan fingerprint density at radius 3 is 2.56 bits per heavy atom. The number of likely N-dealkylation sites (N-methyl/N-ethyl adjacent to an activating group) is 1. The maximum atomic E-state index is 11.5. The third-order valence-electron chi connectivity index (χ3n) is 3.35. The molecule has 0 saturated carbocycles. The summed E-state index contributed by atoms with van der Waals surface area (Å²) in [5.74, 6) is 0.484. The largest absolute Gasteiger partial charge is 0.309 e. The van der Waals surface area contributed by atoms with Gasteiger partial charge in [-0.3, -0.25) is 0 Å². The molecule has 4 nitrogen and oxygen atoms in total. The molecule has 1 aliphatic heterocycles. The van der Waals surface area contributed by atoms with Crippen LogP contribution in [0.15, 0.2) is 0 Å². The first-order valence-electron chi connectivity index (χ1n) is 6.00. The maximum Gasteiger partial charge on any atom is 0.151 e. The van der Waals surface area contributed by atoms with Gasteiger partial charge >= 0.3 is 0 Å². The highest BCUT2D eigenvalue weighted by molar-refractivity contribution is 7.91. The molecule has 0 aromatic heterocycles. The van der Waals surface area contributed by atoms with Crippen molar-refractivity contribution < 1.29 is 8.42 Å². The van der Waals surface area contributed by atoms with Gasteiger partial charge in [-0.25, -0.2) is 8.42 Å². The zero-order chi connectivity index (χ0) is 12.3. The molecule has 1 fully saturated rings. The highest BCUT2D eigenvalue weighted by atomic mass is 32.2. The first kappa shape index (κ1) is 13.9. The highest BCUT2D eigenvalue weighted by Gasteiger charge is 2.27. The van der Waals surface area contributed by atoms with Crippen LogP contribution < -0.4 is 5.32 Å². The zero-order valence-corrected chi connectivity index (χ0v) is 11.5. The van der Waals surface area contributed by atoms with Crippen LogP contribution in [-0.4, -0.2) is 56.5 Å². The van der Waals surface area contributed by atoms with E-state index in [1.807, 2.05) is 6.92 Å². The summed E-state index contributed by atoms with van der Waals surface area (Å²) in [5, 5.41) is 3.41. The number of sulfone groups is 1. The van der Waals surface area contributed by atoms with Gasteiger partial charge in [0, 0.05) is 30.4 Å². The predicted molar refractivity (Wildman–Crippen MR) is 67.4 cm³/mol. The summed E-state index contributed by atoms with van der Waals surface area (Å²) in [5.41, 5.74) is 0. The number of likely N-dealkylation sites (tertiary alicyclic amines) is 1. The van der Waals surface area contributed by atoms with Crippen molar-refractivity contribution in [3.8, 4) is 0 Å². The number of nitrogens with zero attached hydrogens (tertiary/aromatic N) is 1. The summed E-state index contributed by atoms with van der Waals surface area (Å²) in [6.45, 7) is 6.87. The second-order valence-corrected chi connectivity index (χ2v) is 7.39. The molecule has 0 aliphatic carbocycles. The molecule has 0 spiro atoms. The SMILES string of the molecule is CCS(=O)(=O)CC(C)NC1CC(C)N(C)C1. The highest BCUT2D eigenvalue weighted by Crippen LogP contribution is 2.15. The summed E-state index contributed by atoms with van der Waals surface area (Å²) in [6.07, 6.45) is 1.10. The zero-order valence-electron chi connectivity index (χ0n) is 10.7. The van der Waals surface area contributed by atoms with Crippen LogP contribution >= 0.6 is 0 Å². The van der Waals surface area contributed by atoms with E-state index in [1.54, 1.807) is 6.92 Å². The standard InChI is InChI=1S/C11H24N2O2S/c1-5-16(14,15)8-9(2)12-11-6-10(3)13(4)7-11/h9-12H,5-8H2,1-4H3. The topological polar surface area (TPSA) is 49.4 Å². The average Bonchev–Trinajstić information content (AvgIpc) is 2.44. The molecule has 1 saturated heterocycles. The molecule has 1 rings (SSSR count). The van der Waals surface area contributed by atoms with Gasteiger partial charge < -0.3 is 10.2 Å². The molecule has 1 heterocycles. The first-order chi connectivity index (χ1) is 7.34. The van der Waals surface area contributed by atoms with Crippen molar-refractivity contribution in [3.05, 3.63) is 0 Å². The van der Waals surface area contributed by atoms with Gasteiger partial charge in [-0.15, -0.1) is 0 Å². The van der Waals surface area contributed by atoms with Gasteiger partial charge in [-0.2, -0.15) is 0 Å². The molecule has 0 bridgehead atoms. The summed E-state index contributed by atoms with van der Waals surface area (Å²) >= 11 is 0. The molecule has 0 amide bonds. The Bertz CT molecular complexity index is 306. The molecule has 5 heteroatoms. The fraction of sp³-hybridized carbons (Fsp3) is 1.00. The Morgan fingerprint density at radius 1 is 1.50 bits per heavy atom. The van der Waals surface area contributed by atoms with Crippen LogP contribution in [0, 0.1) is 0 Å². The Kier molecular flexibility index (Phi) is 4.76. The second kappa shape index (κ2) is 5.47. The van der Waals surface area contributed by atoms with Crippen LogP contribution in [0.2, 0.25) is 0 Å². The Labute approximate surface area is 99.3 Å². The average molecular weight is 248 g/mol. The van der Waals surface area contributed by atoms with E-state index < -0.39 is 9.84 Å². The van der Waals surface area contributed by atoms with E-state index in [2.05, 4.69) is 24.2 Å². The van der Waals surface area contributed by atoms with Crippen molar-refractivity contribution in [1.82, 2.24) is 10.2 Å². The van der Waals surface area contributed by atoms with Crippen molar-refractivity contribution in [2.45, 2.75) is 45.3 Å². The van der Waals surface area contributed by atoms with Crippen LogP contribution in [0.25, 0.3) is 0 Å². The van der Waals surface area contributed by atoms with Gasteiger partial charge in [-0.05, 0) is 27.3 Å². The van der Waals surface area contributed by atoms with Crippen LogP contribution in [-0.2, 0) is 9.84 Å². The van der Waals surface area contributed by atoms with Crippen LogP contribution in [0.3, 0.4) is 0 Å². The molecular weight excluding hydrogens is 224 g/mol. The third-order valence-corrected chi connectivity index (χ3v) is 5.24. The molecule has 16 heavy (non-hydrogen) atoms. The number of hydrogen-bond acceptors (Lipinski definition) is 4. The van der Waals surface area contributed by atoms with Crippen LogP contribution in [0.4, 0.5) is 0 Å². The Hall–Kier alpha value is -0.130. The van der Waals surface area contributed by atoms with E-state index in [0.717, 1.165) is 13.0 Å². The Morgan fingerprint density at radius 2 is 2.12 bits per heavy atom. The lowest BCUT2D eigenvalue weighted by Crippen LogP contribution is -2.41. The minimum atomic E-state index is -2.86. The predicted octanol–water partition coefficient (Wildman–Crippen LogP) is 0.492. The van der Waals surface area contributed by atoms with Gasteiger partial charge in [0.05, 0.1) is 5.75 Å². The van der Waals surface area contributed by atoms with Crippen molar-refractivity contribution >= 4 is 9.84 Å². The van der Waals surface area contributed by atoms with Crippen LogP contribution in [0.1, 0.15) is 27.2 Å². The van der Waals surface area contributed by atoms with E-state index in [9.17, 15) is 8.42 Å². The molecule has 0 aromatic rings. The molecule has 3 atom stereocenters. The van der Waals surface area contributed by atoms with Gasteiger partial charge in [0.2, 0.25) is 0 Å². The summed E-state index contributed by atoms with van der Waals surface area (Å²) < 4.78 is 22.9. The summed E-state index contributed by atoms with van der Waals surface area (Å²) in [7, 11) is -0.753. The normalized spacial score (nSPS) is 29.5. The molecular formula is C11H24N2O2S. The van der Waals surface area contributed by atoms with Crippen molar-refractivity contribution in [2.75, 3.05) is 25.1 Å². The summed E-state index contributed by atoms with van der Waals surface area (Å²) in [6, 6.07) is 1.07. The van der Waals surface area contributed by atoms with E-state index in [0.29, 0.717) is 12.1 Å². The lowest BCUT2D eigenvalue weighted by atomic mass is 10.2. The molecule has 1 N–H and O–H groups in total. The lowest BCUT2D eigenvalue weighted by Gasteiger charge is -2.19. The van der Waals surface area contributed by atoms with E-state index in [1.165, 1.54) is 0 Å². The van der Waals surface area contributed by atoms with E-state index in [4.69, 9.17) is 0 Å². The first-order valence-corrected chi connectivity index (χ1v) is 7.83. The quantitative estimate of drug-likeness (QED) is 0.769. The number of rotatable bonds is 5. The van der Waals surface area contributed by atoms with Crippen molar-refractivity contribution in [2.24, 2.45) is 0 Å². The van der Waals surface area contributed by atoms with Gasteiger partial charge in [0.15, 0.2) is 9.84 Å². The van der Waals surface area contributed by atoms with Crippen molar-refractivity contribution in [1.29, 1.82) is 0 Å². The van der Waals surface area contributed by atoms with Crippen LogP contribution in [0.5, 0.6) is 0 Å². The minimum Gasteiger partial charge on any atom is -0.309 e. The molecule has 0 aromatic carbocycles. The van der Waals surface area contributed by atoms with Crippen molar-refractivity contribution in [3.63, 3.8) is 0 Å². The van der Waals surface area contributed by atoms with E-state index in [-0.39, 0.29) is 17.5 Å². The number of hydrogen-bond donors (Lipinski definition) is 1. The van der Waals surface area contributed by atoms with E-state index >= 15 is 0 Å². The lowest BCUT2D eigenvalue weighted by molar-refractivity contribution is 0.325. The molecule has 3 unspecified atom stereocenters. The molecule has 96 valence electrons. The Balaban J connectivity index is 2.38. The fourth-order valence-electron chi connectivity index (χ4n) is 2.26.